The monoisotopic (exact) mass is 513 g/mol. The van der Waals surface area contributed by atoms with Gasteiger partial charge in [-0.25, -0.2) is 0 Å². The van der Waals surface area contributed by atoms with Crippen molar-refractivity contribution in [1.29, 1.82) is 5.26 Å². The van der Waals surface area contributed by atoms with Crippen LogP contribution in [0.25, 0.3) is 0 Å². The first-order valence-corrected chi connectivity index (χ1v) is 13.4. The Labute approximate surface area is 224 Å². The van der Waals surface area contributed by atoms with Crippen LogP contribution in [0.4, 0.5) is 5.69 Å². The number of hydrogen-bond acceptors (Lipinski definition) is 5. The Kier molecular flexibility index (Phi) is 6.97. The number of likely N-dealkylation sites (tertiary alicyclic amines) is 1. The standard InChI is InChI=1S/C30H35N5O3/c1-19(2)15-26(34(3)27(36)25-14-13-23(32-25)20-9-5-4-6-10-20)28(37)35-18-30(16-21(35)17-31)22-11-7-8-12-24(22)33-29(30)38/h4-12,19,21,23,25-26,32H,13-16,18H2,1-3H3,(H,33,38)/t21-,23+,25-,26-,30-/m0/s1. The van der Waals surface area contributed by atoms with E-state index in [1.54, 1.807) is 11.9 Å². The number of rotatable bonds is 6. The average Bonchev–Trinajstić information content (AvgIpc) is 3.64. The molecule has 0 bridgehead atoms. The van der Waals surface area contributed by atoms with Crippen molar-refractivity contribution in [2.45, 2.75) is 69.1 Å². The molecule has 3 heterocycles. The van der Waals surface area contributed by atoms with Crippen LogP contribution in [0.1, 0.15) is 56.7 Å². The van der Waals surface area contributed by atoms with Gasteiger partial charge in [-0.05, 0) is 42.4 Å². The number of nitriles is 1. The molecule has 38 heavy (non-hydrogen) atoms. The largest absolute Gasteiger partial charge is 0.332 e. The van der Waals surface area contributed by atoms with Crippen molar-refractivity contribution in [2.75, 3.05) is 18.9 Å². The Morgan fingerprint density at radius 3 is 2.55 bits per heavy atom. The molecule has 0 unspecified atom stereocenters. The number of nitrogens with zero attached hydrogens (tertiary/aromatic N) is 3. The quantitative estimate of drug-likeness (QED) is 0.616. The van der Waals surface area contributed by atoms with Gasteiger partial charge in [0.1, 0.15) is 12.1 Å². The molecule has 2 aromatic rings. The maximum absolute atomic E-state index is 14.1. The van der Waals surface area contributed by atoms with Crippen LogP contribution in [0.3, 0.4) is 0 Å². The van der Waals surface area contributed by atoms with Gasteiger partial charge in [-0.2, -0.15) is 5.26 Å². The molecular weight excluding hydrogens is 478 g/mol. The van der Waals surface area contributed by atoms with Gasteiger partial charge >= 0.3 is 0 Å². The van der Waals surface area contributed by atoms with E-state index in [0.29, 0.717) is 12.8 Å². The lowest BCUT2D eigenvalue weighted by Gasteiger charge is -2.34. The van der Waals surface area contributed by atoms with E-state index in [4.69, 9.17) is 0 Å². The minimum atomic E-state index is -0.951. The minimum Gasteiger partial charge on any atom is -0.332 e. The van der Waals surface area contributed by atoms with Gasteiger partial charge < -0.3 is 15.1 Å². The van der Waals surface area contributed by atoms with Gasteiger partial charge in [0.2, 0.25) is 17.7 Å². The summed E-state index contributed by atoms with van der Waals surface area (Å²) in [6.07, 6.45) is 2.25. The number of amides is 3. The van der Waals surface area contributed by atoms with Crippen LogP contribution in [-0.2, 0) is 19.8 Å². The molecule has 3 amide bonds. The molecule has 8 heteroatoms. The molecule has 8 nitrogen and oxygen atoms in total. The van der Waals surface area contributed by atoms with E-state index in [0.717, 1.165) is 23.2 Å². The summed E-state index contributed by atoms with van der Waals surface area (Å²) in [6.45, 7) is 4.17. The minimum absolute atomic E-state index is 0.0974. The molecule has 2 aromatic carbocycles. The lowest BCUT2D eigenvalue weighted by molar-refractivity contribution is -0.146. The number of anilines is 1. The first-order chi connectivity index (χ1) is 18.2. The van der Waals surface area contributed by atoms with Crippen molar-refractivity contribution in [3.8, 4) is 6.07 Å². The highest BCUT2D eigenvalue weighted by molar-refractivity contribution is 6.07. The molecule has 0 aliphatic carbocycles. The maximum atomic E-state index is 14.1. The molecule has 3 aliphatic heterocycles. The zero-order valence-corrected chi connectivity index (χ0v) is 22.2. The van der Waals surface area contributed by atoms with E-state index in [2.05, 4.69) is 28.8 Å². The summed E-state index contributed by atoms with van der Waals surface area (Å²) >= 11 is 0. The molecule has 1 spiro atoms. The molecule has 0 radical (unpaired) electrons. The fraction of sp³-hybridized carbons (Fsp3) is 0.467. The highest BCUT2D eigenvalue weighted by Gasteiger charge is 2.56. The molecule has 198 valence electrons. The first kappa shape index (κ1) is 25.9. The predicted octanol–water partition coefficient (Wildman–Crippen LogP) is 3.37. The fourth-order valence-corrected chi connectivity index (χ4v) is 6.33. The summed E-state index contributed by atoms with van der Waals surface area (Å²) < 4.78 is 0. The van der Waals surface area contributed by atoms with Crippen molar-refractivity contribution in [1.82, 2.24) is 15.1 Å². The van der Waals surface area contributed by atoms with E-state index in [1.165, 1.54) is 4.90 Å². The molecule has 2 N–H and O–H groups in total. The second-order valence-electron chi connectivity index (χ2n) is 11.3. The molecule has 0 aromatic heterocycles. The highest BCUT2D eigenvalue weighted by atomic mass is 16.2. The number of nitrogens with one attached hydrogen (secondary N) is 2. The molecule has 5 rings (SSSR count). The lowest BCUT2D eigenvalue weighted by atomic mass is 9.80. The molecule has 2 fully saturated rings. The lowest BCUT2D eigenvalue weighted by Crippen LogP contribution is -2.54. The second kappa shape index (κ2) is 10.2. The number of likely N-dealkylation sites (N-methyl/N-ethyl adjacent to an activating group) is 1. The third-order valence-electron chi connectivity index (χ3n) is 8.36. The number of hydrogen-bond donors (Lipinski definition) is 2. The number of para-hydroxylation sites is 1. The summed E-state index contributed by atoms with van der Waals surface area (Å²) in [5.74, 6) is -0.414. The number of carbonyl (C=O) groups excluding carboxylic acids is 3. The van der Waals surface area contributed by atoms with Crippen LogP contribution in [0.5, 0.6) is 0 Å². The molecule has 3 aliphatic rings. The van der Waals surface area contributed by atoms with Crippen molar-refractivity contribution in [3.63, 3.8) is 0 Å². The SMILES string of the molecule is CC(C)C[C@@H](C(=O)N1C[C@]2(C[C@H]1C#N)C(=O)Nc1ccccc12)N(C)C(=O)[C@@H]1CC[C@H](c2ccccc2)N1. The van der Waals surface area contributed by atoms with Crippen LogP contribution in [0.2, 0.25) is 0 Å². The van der Waals surface area contributed by atoms with Crippen LogP contribution >= 0.6 is 0 Å². The van der Waals surface area contributed by atoms with Gasteiger partial charge in [0.25, 0.3) is 0 Å². The van der Waals surface area contributed by atoms with Gasteiger partial charge in [0.15, 0.2) is 0 Å². The highest BCUT2D eigenvalue weighted by Crippen LogP contribution is 2.46. The van der Waals surface area contributed by atoms with E-state index >= 15 is 0 Å². The van der Waals surface area contributed by atoms with Crippen LogP contribution < -0.4 is 10.6 Å². The molecule has 5 atom stereocenters. The summed E-state index contributed by atoms with van der Waals surface area (Å²) in [6, 6.07) is 18.1. The Bertz CT molecular complexity index is 1270. The van der Waals surface area contributed by atoms with Crippen molar-refractivity contribution in [3.05, 3.63) is 65.7 Å². The van der Waals surface area contributed by atoms with Gasteiger partial charge in [-0.1, -0.05) is 62.4 Å². The van der Waals surface area contributed by atoms with Gasteiger partial charge in [-0.3, -0.25) is 19.7 Å². The van der Waals surface area contributed by atoms with Crippen LogP contribution in [0.15, 0.2) is 54.6 Å². The maximum Gasteiger partial charge on any atom is 0.246 e. The fourth-order valence-electron chi connectivity index (χ4n) is 6.33. The smallest absolute Gasteiger partial charge is 0.246 e. The van der Waals surface area contributed by atoms with Gasteiger partial charge in [0, 0.05) is 31.7 Å². The van der Waals surface area contributed by atoms with Crippen molar-refractivity contribution in [2.24, 2.45) is 5.92 Å². The number of carbonyl (C=O) groups is 3. The summed E-state index contributed by atoms with van der Waals surface area (Å²) in [5, 5.41) is 16.4. The van der Waals surface area contributed by atoms with Crippen LogP contribution in [0, 0.1) is 17.2 Å². The molecular formula is C30H35N5O3. The molecule has 2 saturated heterocycles. The zero-order valence-electron chi connectivity index (χ0n) is 22.2. The third-order valence-corrected chi connectivity index (χ3v) is 8.36. The average molecular weight is 514 g/mol. The Morgan fingerprint density at radius 2 is 1.84 bits per heavy atom. The third kappa shape index (κ3) is 4.45. The first-order valence-electron chi connectivity index (χ1n) is 13.4. The molecule has 0 saturated carbocycles. The van der Waals surface area contributed by atoms with Crippen molar-refractivity contribution < 1.29 is 14.4 Å². The number of benzene rings is 2. The van der Waals surface area contributed by atoms with Gasteiger partial charge in [0.05, 0.1) is 17.5 Å². The topological polar surface area (TPSA) is 106 Å². The van der Waals surface area contributed by atoms with Crippen LogP contribution in [-0.4, -0.2) is 59.2 Å². The summed E-state index contributed by atoms with van der Waals surface area (Å²) in [7, 11) is 1.69. The summed E-state index contributed by atoms with van der Waals surface area (Å²) in [5.41, 5.74) is 1.75. The van der Waals surface area contributed by atoms with E-state index in [1.807, 2.05) is 56.3 Å². The predicted molar refractivity (Wildman–Crippen MR) is 144 cm³/mol. The zero-order chi connectivity index (χ0) is 27.0. The Hall–Kier alpha value is -3.70. The van der Waals surface area contributed by atoms with Crippen molar-refractivity contribution >= 4 is 23.4 Å². The Morgan fingerprint density at radius 1 is 1.13 bits per heavy atom. The van der Waals surface area contributed by atoms with E-state index in [-0.39, 0.29) is 48.7 Å². The second-order valence-corrected chi connectivity index (χ2v) is 11.3. The van der Waals surface area contributed by atoms with E-state index in [9.17, 15) is 19.6 Å². The number of fused-ring (bicyclic) bond motifs is 2. The summed E-state index contributed by atoms with van der Waals surface area (Å²) in [4.78, 5) is 44.0. The normalized spacial score (nSPS) is 26.8. The van der Waals surface area contributed by atoms with E-state index < -0.39 is 17.5 Å². The van der Waals surface area contributed by atoms with Gasteiger partial charge in [-0.15, -0.1) is 0 Å². The Balaban J connectivity index is 1.36.